The van der Waals surface area contributed by atoms with Crippen molar-refractivity contribution in [3.05, 3.63) is 20.8 Å². The number of hydrogen-bond acceptors (Lipinski definition) is 4. The molecule has 1 heterocycles. The summed E-state index contributed by atoms with van der Waals surface area (Å²) in [5.41, 5.74) is -0.888. The number of amides is 1. The summed E-state index contributed by atoms with van der Waals surface area (Å²) in [6.07, 6.45) is 2.09. The van der Waals surface area contributed by atoms with Gasteiger partial charge in [-0.05, 0) is 54.2 Å². The van der Waals surface area contributed by atoms with Gasteiger partial charge in [0.1, 0.15) is 5.54 Å². The molecule has 1 aliphatic carbocycles. The zero-order chi connectivity index (χ0) is 15.5. The van der Waals surface area contributed by atoms with Crippen molar-refractivity contribution in [1.29, 1.82) is 0 Å². The van der Waals surface area contributed by atoms with Crippen molar-refractivity contribution in [1.82, 2.24) is 10.2 Å². The molecule has 0 atom stereocenters. The van der Waals surface area contributed by atoms with Crippen LogP contribution < -0.4 is 5.32 Å². The van der Waals surface area contributed by atoms with E-state index < -0.39 is 11.5 Å². The summed E-state index contributed by atoms with van der Waals surface area (Å²) in [5, 5.41) is 12.2. The predicted octanol–water partition coefficient (Wildman–Crippen LogP) is 2.46. The van der Waals surface area contributed by atoms with E-state index in [4.69, 9.17) is 0 Å². The summed E-state index contributed by atoms with van der Waals surface area (Å²) in [7, 11) is 0. The molecule has 0 radical (unpaired) electrons. The maximum absolute atomic E-state index is 12.3. The van der Waals surface area contributed by atoms with Gasteiger partial charge in [-0.3, -0.25) is 14.9 Å². The lowest BCUT2D eigenvalue weighted by molar-refractivity contribution is -0.149. The molecule has 1 aliphatic rings. The quantitative estimate of drug-likeness (QED) is 0.768. The topological polar surface area (TPSA) is 69.6 Å². The average Bonchev–Trinajstić information content (AvgIpc) is 2.79. The molecule has 116 valence electrons. The molecule has 0 saturated heterocycles. The van der Waals surface area contributed by atoms with Crippen LogP contribution in [0.4, 0.5) is 0 Å². The molecule has 0 unspecified atom stereocenters. The van der Waals surface area contributed by atoms with E-state index in [1.807, 2.05) is 19.1 Å². The molecule has 21 heavy (non-hydrogen) atoms. The summed E-state index contributed by atoms with van der Waals surface area (Å²) >= 11 is 5.01. The smallest absolute Gasteiger partial charge is 0.323 e. The Bertz CT molecular complexity index is 528. The van der Waals surface area contributed by atoms with Crippen molar-refractivity contribution in [3.8, 4) is 0 Å². The van der Waals surface area contributed by atoms with Gasteiger partial charge in [0.15, 0.2) is 0 Å². The van der Waals surface area contributed by atoms with Gasteiger partial charge in [-0.2, -0.15) is 0 Å². The van der Waals surface area contributed by atoms with Crippen molar-refractivity contribution >= 4 is 39.1 Å². The second-order valence-electron chi connectivity index (χ2n) is 5.21. The van der Waals surface area contributed by atoms with E-state index in [9.17, 15) is 14.7 Å². The second kappa shape index (κ2) is 6.89. The number of likely N-dealkylation sites (N-methyl/N-ethyl adjacent to an activating group) is 1. The van der Waals surface area contributed by atoms with Gasteiger partial charge < -0.3 is 10.0 Å². The summed E-state index contributed by atoms with van der Waals surface area (Å²) < 4.78 is 1.04. The highest BCUT2D eigenvalue weighted by Gasteiger charge is 2.44. The fourth-order valence-corrected chi connectivity index (χ4v) is 3.85. The molecule has 7 heteroatoms. The number of carbonyl (C=O) groups excluding carboxylic acids is 1. The van der Waals surface area contributed by atoms with Crippen molar-refractivity contribution in [2.75, 3.05) is 13.1 Å². The van der Waals surface area contributed by atoms with Gasteiger partial charge in [0, 0.05) is 11.4 Å². The Labute approximate surface area is 136 Å². The lowest BCUT2D eigenvalue weighted by Gasteiger charge is -2.38. The Morgan fingerprint density at radius 1 is 1.48 bits per heavy atom. The highest BCUT2D eigenvalue weighted by Crippen LogP contribution is 2.31. The normalized spacial score (nSPS) is 16.3. The van der Waals surface area contributed by atoms with E-state index in [1.54, 1.807) is 16.2 Å². The van der Waals surface area contributed by atoms with Crippen molar-refractivity contribution < 1.29 is 14.7 Å². The summed E-state index contributed by atoms with van der Waals surface area (Å²) in [6.45, 7) is 3.17. The monoisotopic (exact) mass is 374 g/mol. The Hall–Kier alpha value is -0.920. The van der Waals surface area contributed by atoms with Crippen LogP contribution in [0.3, 0.4) is 0 Å². The van der Waals surface area contributed by atoms with E-state index in [-0.39, 0.29) is 12.5 Å². The summed E-state index contributed by atoms with van der Waals surface area (Å²) in [5.74, 6) is -0.915. The van der Waals surface area contributed by atoms with E-state index in [0.717, 1.165) is 15.1 Å². The lowest BCUT2D eigenvalue weighted by atomic mass is 9.77. The molecular formula is C14H19BrN2O3S. The van der Waals surface area contributed by atoms with E-state index >= 15 is 0 Å². The first-order valence-electron chi connectivity index (χ1n) is 6.97. The van der Waals surface area contributed by atoms with Gasteiger partial charge in [-0.1, -0.05) is 0 Å². The predicted molar refractivity (Wildman–Crippen MR) is 85.3 cm³/mol. The number of rotatable bonds is 7. The lowest BCUT2D eigenvalue weighted by Crippen LogP contribution is -2.59. The molecule has 1 saturated carbocycles. The maximum atomic E-state index is 12.3. The highest BCUT2D eigenvalue weighted by atomic mass is 79.9. The third kappa shape index (κ3) is 3.84. The molecule has 0 aromatic carbocycles. The molecule has 2 rings (SSSR count). The van der Waals surface area contributed by atoms with Crippen LogP contribution in [0.15, 0.2) is 15.9 Å². The molecule has 1 amide bonds. The van der Waals surface area contributed by atoms with Crippen molar-refractivity contribution in [2.45, 2.75) is 38.3 Å². The fourth-order valence-electron chi connectivity index (χ4n) is 2.35. The van der Waals surface area contributed by atoms with Crippen LogP contribution in [0.1, 0.15) is 31.1 Å². The first kappa shape index (κ1) is 16.5. The number of nitrogens with zero attached hydrogens (tertiary/aromatic N) is 1. The molecule has 0 aliphatic heterocycles. The van der Waals surface area contributed by atoms with Crippen LogP contribution in [-0.4, -0.2) is 40.5 Å². The van der Waals surface area contributed by atoms with Crippen LogP contribution in [0, 0.1) is 0 Å². The molecule has 1 aromatic rings. The zero-order valence-electron chi connectivity index (χ0n) is 11.9. The third-order valence-electron chi connectivity index (χ3n) is 3.90. The largest absolute Gasteiger partial charge is 0.480 e. The summed E-state index contributed by atoms with van der Waals surface area (Å²) in [4.78, 5) is 26.4. The van der Waals surface area contributed by atoms with Crippen LogP contribution in [-0.2, 0) is 16.1 Å². The minimum atomic E-state index is -0.888. The van der Waals surface area contributed by atoms with Crippen molar-refractivity contribution in [2.24, 2.45) is 0 Å². The van der Waals surface area contributed by atoms with Gasteiger partial charge in [0.05, 0.1) is 16.9 Å². The standard InChI is InChI=1S/C14H19BrN2O3S/c1-2-17(9-10-4-5-11(15)21-10)12(18)8-16-14(13(19)20)6-3-7-14/h4-5,16H,2-3,6-9H2,1H3,(H,19,20). The number of aliphatic carboxylic acids is 1. The Morgan fingerprint density at radius 3 is 2.62 bits per heavy atom. The van der Waals surface area contributed by atoms with Crippen LogP contribution in [0.2, 0.25) is 0 Å². The number of halogens is 1. The number of thiophene rings is 1. The number of carboxylic acid groups (broad SMARTS) is 1. The molecule has 1 fully saturated rings. The number of carboxylic acids is 1. The fraction of sp³-hybridized carbons (Fsp3) is 0.571. The van der Waals surface area contributed by atoms with Gasteiger partial charge in [-0.25, -0.2) is 0 Å². The van der Waals surface area contributed by atoms with Crippen LogP contribution in [0.25, 0.3) is 0 Å². The number of nitrogens with one attached hydrogen (secondary N) is 1. The van der Waals surface area contributed by atoms with Crippen molar-refractivity contribution in [3.63, 3.8) is 0 Å². The molecule has 0 spiro atoms. The Balaban J connectivity index is 1.89. The van der Waals surface area contributed by atoms with E-state index in [0.29, 0.717) is 25.9 Å². The van der Waals surface area contributed by atoms with E-state index in [1.165, 1.54) is 0 Å². The van der Waals surface area contributed by atoms with Gasteiger partial charge in [0.25, 0.3) is 0 Å². The molecule has 1 aromatic heterocycles. The zero-order valence-corrected chi connectivity index (χ0v) is 14.3. The Kier molecular flexibility index (Phi) is 5.40. The Morgan fingerprint density at radius 2 is 2.19 bits per heavy atom. The maximum Gasteiger partial charge on any atom is 0.323 e. The molecular weight excluding hydrogens is 356 g/mol. The average molecular weight is 375 g/mol. The number of hydrogen-bond donors (Lipinski definition) is 2. The van der Waals surface area contributed by atoms with Gasteiger partial charge in [-0.15, -0.1) is 11.3 Å². The minimum Gasteiger partial charge on any atom is -0.480 e. The van der Waals surface area contributed by atoms with Gasteiger partial charge in [0.2, 0.25) is 5.91 Å². The molecule has 2 N–H and O–H groups in total. The minimum absolute atomic E-state index is 0.0606. The molecule has 5 nitrogen and oxygen atoms in total. The summed E-state index contributed by atoms with van der Waals surface area (Å²) in [6, 6.07) is 3.95. The third-order valence-corrected chi connectivity index (χ3v) is 5.51. The number of carbonyl (C=O) groups is 2. The molecule has 0 bridgehead atoms. The van der Waals surface area contributed by atoms with Gasteiger partial charge >= 0.3 is 5.97 Å². The SMILES string of the molecule is CCN(Cc1ccc(Br)s1)C(=O)CNC1(C(=O)O)CCC1. The first-order chi connectivity index (χ1) is 9.97. The van der Waals surface area contributed by atoms with Crippen LogP contribution in [0.5, 0.6) is 0 Å². The van der Waals surface area contributed by atoms with E-state index in [2.05, 4.69) is 21.2 Å². The first-order valence-corrected chi connectivity index (χ1v) is 8.58. The van der Waals surface area contributed by atoms with Crippen LogP contribution >= 0.6 is 27.3 Å². The highest BCUT2D eigenvalue weighted by molar-refractivity contribution is 9.11. The second-order valence-corrected chi connectivity index (χ2v) is 7.76.